The van der Waals surface area contributed by atoms with Gasteiger partial charge in [-0.05, 0) is 35.7 Å². The Morgan fingerprint density at radius 3 is 2.21 bits per heavy atom. The predicted octanol–water partition coefficient (Wildman–Crippen LogP) is 2.62. The number of rotatable bonds is 3. The maximum absolute atomic E-state index is 9.57. The molecule has 2 heteroatoms. The van der Waals surface area contributed by atoms with E-state index >= 15 is 0 Å². The molecule has 2 aromatic rings. The van der Waals surface area contributed by atoms with Crippen molar-refractivity contribution >= 4 is 18.4 Å². The monoisotopic (exact) mass is 270 g/mol. The third-order valence-electron chi connectivity index (χ3n) is 4.14. The van der Waals surface area contributed by atoms with Crippen LogP contribution in [0, 0.1) is 13.8 Å². The first-order valence-corrected chi connectivity index (χ1v) is 9.74. The highest BCUT2D eigenvalue weighted by atomic mass is 28.3. The van der Waals surface area contributed by atoms with Crippen LogP contribution in [0.4, 0.5) is 0 Å². The fraction of sp³-hybridized carbons (Fsp3) is 0.294. The highest BCUT2D eigenvalue weighted by molar-refractivity contribution is 7.01. The molecule has 1 N–H and O–H groups in total. The smallest absolute Gasteiger partial charge is 0.113 e. The van der Waals surface area contributed by atoms with Crippen LogP contribution in [0.1, 0.15) is 16.7 Å². The molecule has 0 aliphatic carbocycles. The minimum atomic E-state index is -1.76. The summed E-state index contributed by atoms with van der Waals surface area (Å²) in [6.07, 6.45) is 0. The maximum Gasteiger partial charge on any atom is 0.113 e. The molecule has 0 fully saturated rings. The molecule has 0 aliphatic heterocycles. The lowest BCUT2D eigenvalue weighted by Crippen LogP contribution is -2.55. The van der Waals surface area contributed by atoms with Crippen LogP contribution in [-0.4, -0.2) is 13.2 Å². The molecule has 1 nitrogen and oxygen atoms in total. The normalized spacial score (nSPS) is 11.6. The summed E-state index contributed by atoms with van der Waals surface area (Å²) < 4.78 is 0. The van der Waals surface area contributed by atoms with Crippen LogP contribution in [0.3, 0.4) is 0 Å². The van der Waals surface area contributed by atoms with E-state index in [2.05, 4.69) is 57.3 Å². The summed E-state index contributed by atoms with van der Waals surface area (Å²) in [7, 11) is -1.76. The number of benzene rings is 2. The van der Waals surface area contributed by atoms with E-state index in [1.807, 2.05) is 12.1 Å². The molecule has 100 valence electrons. The highest BCUT2D eigenvalue weighted by Gasteiger charge is 2.29. The molecule has 0 aliphatic rings. The van der Waals surface area contributed by atoms with Gasteiger partial charge in [0.15, 0.2) is 0 Å². The van der Waals surface area contributed by atoms with Crippen molar-refractivity contribution < 1.29 is 5.11 Å². The number of hydrogen-bond donors (Lipinski definition) is 1. The molecular formula is C17H22OSi. The van der Waals surface area contributed by atoms with E-state index in [1.165, 1.54) is 21.5 Å². The third kappa shape index (κ3) is 2.51. The lowest BCUT2D eigenvalue weighted by atomic mass is 10.1. The van der Waals surface area contributed by atoms with Crippen LogP contribution in [0.5, 0.6) is 0 Å². The van der Waals surface area contributed by atoms with E-state index in [0.717, 1.165) is 5.56 Å². The Bertz CT molecular complexity index is 588. The number of hydrogen-bond acceptors (Lipinski definition) is 1. The first-order chi connectivity index (χ1) is 8.98. The second-order valence-electron chi connectivity index (χ2n) is 5.69. The second-order valence-corrected chi connectivity index (χ2v) is 10.0. The summed E-state index contributed by atoms with van der Waals surface area (Å²) in [5, 5.41) is 12.4. The Labute approximate surface area is 116 Å². The number of aliphatic hydroxyl groups is 1. The molecule has 2 rings (SSSR count). The fourth-order valence-corrected chi connectivity index (χ4v) is 6.26. The largest absolute Gasteiger partial charge is 0.392 e. The minimum Gasteiger partial charge on any atom is -0.392 e. The second kappa shape index (κ2) is 5.31. The number of aryl methyl sites for hydroxylation is 1. The van der Waals surface area contributed by atoms with Crippen LogP contribution >= 0.6 is 0 Å². The van der Waals surface area contributed by atoms with E-state index < -0.39 is 8.07 Å². The van der Waals surface area contributed by atoms with E-state index in [9.17, 15) is 5.11 Å². The molecule has 0 aromatic heterocycles. The molecule has 19 heavy (non-hydrogen) atoms. The Kier molecular flexibility index (Phi) is 3.93. The van der Waals surface area contributed by atoms with Crippen molar-refractivity contribution in [3.63, 3.8) is 0 Å². The molecule has 0 unspecified atom stereocenters. The maximum atomic E-state index is 9.57. The van der Waals surface area contributed by atoms with Crippen molar-refractivity contribution in [2.75, 3.05) is 0 Å². The summed E-state index contributed by atoms with van der Waals surface area (Å²) in [4.78, 5) is 0. The lowest BCUT2D eigenvalue weighted by molar-refractivity contribution is 0.283. The Balaban J connectivity index is 2.62. The van der Waals surface area contributed by atoms with E-state index in [1.54, 1.807) is 0 Å². The van der Waals surface area contributed by atoms with Crippen LogP contribution in [0.2, 0.25) is 13.1 Å². The third-order valence-corrected chi connectivity index (χ3v) is 7.86. The van der Waals surface area contributed by atoms with Crippen molar-refractivity contribution in [2.24, 2.45) is 0 Å². The Morgan fingerprint density at radius 2 is 1.53 bits per heavy atom. The van der Waals surface area contributed by atoms with E-state index in [4.69, 9.17) is 0 Å². The Morgan fingerprint density at radius 1 is 0.895 bits per heavy atom. The van der Waals surface area contributed by atoms with Gasteiger partial charge in [-0.3, -0.25) is 0 Å². The van der Waals surface area contributed by atoms with Crippen molar-refractivity contribution in [1.29, 1.82) is 0 Å². The molecule has 0 radical (unpaired) electrons. The first kappa shape index (κ1) is 14.0. The molecule has 0 bridgehead atoms. The summed E-state index contributed by atoms with van der Waals surface area (Å²) in [6, 6.07) is 14.9. The summed E-state index contributed by atoms with van der Waals surface area (Å²) in [5.41, 5.74) is 3.81. The van der Waals surface area contributed by atoms with Crippen molar-refractivity contribution in [2.45, 2.75) is 33.5 Å². The topological polar surface area (TPSA) is 20.2 Å². The van der Waals surface area contributed by atoms with Crippen molar-refractivity contribution in [1.82, 2.24) is 0 Å². The zero-order valence-electron chi connectivity index (χ0n) is 12.2. The van der Waals surface area contributed by atoms with Crippen molar-refractivity contribution in [3.8, 4) is 0 Å². The van der Waals surface area contributed by atoms with E-state index in [-0.39, 0.29) is 6.61 Å². The SMILES string of the molecule is Cc1cccc([Si](C)(C)c2ccccc2CO)c1C. The molecule has 0 saturated carbocycles. The molecule has 0 saturated heterocycles. The van der Waals surface area contributed by atoms with Gasteiger partial charge >= 0.3 is 0 Å². The molecular weight excluding hydrogens is 248 g/mol. The predicted molar refractivity (Wildman–Crippen MR) is 85.0 cm³/mol. The van der Waals surface area contributed by atoms with Gasteiger partial charge in [0.05, 0.1) is 6.61 Å². The van der Waals surface area contributed by atoms with Gasteiger partial charge in [-0.25, -0.2) is 0 Å². The quantitative estimate of drug-likeness (QED) is 0.850. The van der Waals surface area contributed by atoms with Gasteiger partial charge in [0, 0.05) is 0 Å². The number of aliphatic hydroxyl groups excluding tert-OH is 1. The standard InChI is InChI=1S/C17H22OSi/c1-13-8-7-11-16(14(13)2)19(3,4)17-10-6-5-9-15(17)12-18/h5-11,18H,12H2,1-4H3. The molecule has 0 heterocycles. The zero-order chi connectivity index (χ0) is 14.0. The molecule has 2 aromatic carbocycles. The van der Waals surface area contributed by atoms with Gasteiger partial charge in [-0.2, -0.15) is 0 Å². The van der Waals surface area contributed by atoms with Gasteiger partial charge < -0.3 is 5.11 Å². The molecule has 0 atom stereocenters. The van der Waals surface area contributed by atoms with Gasteiger partial charge in [0.2, 0.25) is 0 Å². The Hall–Kier alpha value is -1.38. The van der Waals surface area contributed by atoms with Gasteiger partial charge in [0.25, 0.3) is 0 Å². The first-order valence-electron chi connectivity index (χ1n) is 6.74. The lowest BCUT2D eigenvalue weighted by Gasteiger charge is -2.28. The minimum absolute atomic E-state index is 0.122. The van der Waals surface area contributed by atoms with Crippen LogP contribution in [0.25, 0.3) is 0 Å². The van der Waals surface area contributed by atoms with Crippen LogP contribution in [-0.2, 0) is 6.61 Å². The fourth-order valence-electron chi connectivity index (χ4n) is 2.84. The van der Waals surface area contributed by atoms with Gasteiger partial charge in [-0.15, -0.1) is 0 Å². The molecule has 0 amide bonds. The summed E-state index contributed by atoms with van der Waals surface area (Å²) in [5.74, 6) is 0. The highest BCUT2D eigenvalue weighted by Crippen LogP contribution is 2.13. The van der Waals surface area contributed by atoms with E-state index in [0.29, 0.717) is 0 Å². The molecule has 0 spiro atoms. The van der Waals surface area contributed by atoms with Gasteiger partial charge in [-0.1, -0.05) is 60.7 Å². The van der Waals surface area contributed by atoms with Gasteiger partial charge in [0.1, 0.15) is 8.07 Å². The van der Waals surface area contributed by atoms with Crippen molar-refractivity contribution in [3.05, 3.63) is 59.2 Å². The zero-order valence-corrected chi connectivity index (χ0v) is 13.2. The average molecular weight is 270 g/mol. The van der Waals surface area contributed by atoms with Crippen LogP contribution in [0.15, 0.2) is 42.5 Å². The van der Waals surface area contributed by atoms with Crippen LogP contribution < -0.4 is 10.4 Å². The summed E-state index contributed by atoms with van der Waals surface area (Å²) >= 11 is 0. The summed E-state index contributed by atoms with van der Waals surface area (Å²) in [6.45, 7) is 9.23. The average Bonchev–Trinajstić information content (AvgIpc) is 2.41.